The Bertz CT molecular complexity index is 474. The van der Waals surface area contributed by atoms with Crippen LogP contribution in [0.25, 0.3) is 0 Å². The van der Waals surface area contributed by atoms with E-state index in [1.165, 1.54) is 0 Å². The van der Waals surface area contributed by atoms with Crippen LogP contribution in [0.4, 0.5) is 0 Å². The second-order valence-corrected chi connectivity index (χ2v) is 6.18. The third kappa shape index (κ3) is 6.48. The first-order valence-electron chi connectivity index (χ1n) is 8.28. The summed E-state index contributed by atoms with van der Waals surface area (Å²) in [5, 5.41) is 3.03. The number of nitrogens with one attached hydrogen (secondary N) is 1. The third-order valence-electron chi connectivity index (χ3n) is 4.07. The molecule has 1 aromatic carbocycles. The largest absolute Gasteiger partial charge is 0.494 e. The molecule has 0 aromatic heterocycles. The van der Waals surface area contributed by atoms with Crippen LogP contribution in [-0.2, 0) is 4.79 Å². The molecule has 5 heteroatoms. The topological polar surface area (TPSA) is 73.6 Å². The van der Waals surface area contributed by atoms with Gasteiger partial charge in [-0.05, 0) is 50.5 Å². The van der Waals surface area contributed by atoms with Crippen LogP contribution in [0.5, 0.6) is 11.5 Å². The number of hydrogen-bond acceptors (Lipinski definition) is 4. The Morgan fingerprint density at radius 3 is 2.26 bits per heavy atom. The summed E-state index contributed by atoms with van der Waals surface area (Å²) in [6, 6.07) is 7.49. The van der Waals surface area contributed by atoms with Crippen molar-refractivity contribution in [1.29, 1.82) is 0 Å². The second kappa shape index (κ2) is 9.40. The molecule has 1 unspecified atom stereocenters. The number of rotatable bonds is 10. The van der Waals surface area contributed by atoms with Gasteiger partial charge in [0.15, 0.2) is 0 Å². The lowest BCUT2D eigenvalue weighted by Gasteiger charge is -2.33. The van der Waals surface area contributed by atoms with Crippen LogP contribution in [-0.4, -0.2) is 31.2 Å². The van der Waals surface area contributed by atoms with Crippen molar-refractivity contribution in [2.24, 2.45) is 11.7 Å². The summed E-state index contributed by atoms with van der Waals surface area (Å²) in [4.78, 5) is 12.0. The quantitative estimate of drug-likeness (QED) is 0.650. The van der Waals surface area contributed by atoms with Crippen molar-refractivity contribution in [2.75, 3.05) is 19.8 Å². The minimum absolute atomic E-state index is 0.0157. The van der Waals surface area contributed by atoms with Gasteiger partial charge in [-0.25, -0.2) is 0 Å². The van der Waals surface area contributed by atoms with Gasteiger partial charge in [0.1, 0.15) is 11.5 Å². The van der Waals surface area contributed by atoms with Crippen molar-refractivity contribution in [3.05, 3.63) is 24.3 Å². The molecule has 0 aliphatic carbocycles. The lowest BCUT2D eigenvalue weighted by atomic mass is 9.88. The molecule has 0 saturated carbocycles. The van der Waals surface area contributed by atoms with Gasteiger partial charge in [-0.2, -0.15) is 0 Å². The Balaban J connectivity index is 2.30. The lowest BCUT2D eigenvalue weighted by Crippen LogP contribution is -2.55. The van der Waals surface area contributed by atoms with Crippen molar-refractivity contribution < 1.29 is 14.3 Å². The number of nitrogens with two attached hydrogens (primary N) is 1. The first-order valence-corrected chi connectivity index (χ1v) is 8.28. The van der Waals surface area contributed by atoms with E-state index in [-0.39, 0.29) is 17.4 Å². The Hall–Kier alpha value is -1.75. The predicted octanol–water partition coefficient (Wildman–Crippen LogP) is 2.73. The first kappa shape index (κ1) is 19.3. The van der Waals surface area contributed by atoms with Gasteiger partial charge in [-0.3, -0.25) is 4.79 Å². The maximum atomic E-state index is 12.0. The molecule has 3 N–H and O–H groups in total. The fourth-order valence-electron chi connectivity index (χ4n) is 2.03. The van der Waals surface area contributed by atoms with E-state index in [4.69, 9.17) is 15.2 Å². The van der Waals surface area contributed by atoms with Gasteiger partial charge in [-0.1, -0.05) is 13.8 Å². The number of carbonyl (C=O) groups is 1. The zero-order valence-corrected chi connectivity index (χ0v) is 14.7. The van der Waals surface area contributed by atoms with Gasteiger partial charge in [-0.15, -0.1) is 0 Å². The average Bonchev–Trinajstić information content (AvgIpc) is 2.53. The Morgan fingerprint density at radius 2 is 1.78 bits per heavy atom. The van der Waals surface area contributed by atoms with Crippen LogP contribution in [0.15, 0.2) is 24.3 Å². The molecule has 0 radical (unpaired) electrons. The molecule has 1 amide bonds. The summed E-state index contributed by atoms with van der Waals surface area (Å²) in [5.74, 6) is 1.91. The Kier molecular flexibility index (Phi) is 7.89. The monoisotopic (exact) mass is 322 g/mol. The maximum absolute atomic E-state index is 12.0. The molecule has 0 fully saturated rings. The number of ether oxygens (including phenoxy) is 2. The normalized spacial score (nSPS) is 13.5. The average molecular weight is 322 g/mol. The van der Waals surface area contributed by atoms with Crippen molar-refractivity contribution in [2.45, 2.75) is 46.1 Å². The summed E-state index contributed by atoms with van der Waals surface area (Å²) >= 11 is 0. The molecule has 1 atom stereocenters. The molecular weight excluding hydrogens is 292 g/mol. The minimum atomic E-state index is -0.354. The lowest BCUT2D eigenvalue weighted by molar-refractivity contribution is -0.123. The Morgan fingerprint density at radius 1 is 1.22 bits per heavy atom. The molecule has 5 nitrogen and oxygen atoms in total. The molecular formula is C18H30N2O3. The number of benzene rings is 1. The molecule has 0 aliphatic rings. The van der Waals surface area contributed by atoms with E-state index in [0.717, 1.165) is 11.5 Å². The summed E-state index contributed by atoms with van der Waals surface area (Å²) in [7, 11) is 0. The smallest absolute Gasteiger partial charge is 0.220 e. The molecule has 0 spiro atoms. The van der Waals surface area contributed by atoms with Gasteiger partial charge >= 0.3 is 0 Å². The van der Waals surface area contributed by atoms with Gasteiger partial charge in [0.2, 0.25) is 5.91 Å². The summed E-state index contributed by atoms with van der Waals surface area (Å²) in [6.07, 6.45) is 1.09. The highest BCUT2D eigenvalue weighted by molar-refractivity contribution is 5.76. The first-order chi connectivity index (χ1) is 10.9. The third-order valence-corrected chi connectivity index (χ3v) is 4.07. The van der Waals surface area contributed by atoms with Gasteiger partial charge < -0.3 is 20.5 Å². The van der Waals surface area contributed by atoms with Crippen LogP contribution in [0.1, 0.15) is 40.5 Å². The maximum Gasteiger partial charge on any atom is 0.220 e. The highest BCUT2D eigenvalue weighted by Gasteiger charge is 2.28. The zero-order valence-electron chi connectivity index (χ0n) is 14.7. The van der Waals surface area contributed by atoms with Crippen LogP contribution < -0.4 is 20.5 Å². The highest BCUT2D eigenvalue weighted by atomic mass is 16.5. The van der Waals surface area contributed by atoms with E-state index in [0.29, 0.717) is 32.6 Å². The van der Waals surface area contributed by atoms with E-state index in [1.54, 1.807) is 0 Å². The van der Waals surface area contributed by atoms with E-state index in [9.17, 15) is 4.79 Å². The van der Waals surface area contributed by atoms with Gasteiger partial charge in [0.25, 0.3) is 0 Å². The van der Waals surface area contributed by atoms with Crippen LogP contribution in [0.2, 0.25) is 0 Å². The van der Waals surface area contributed by atoms with Crippen LogP contribution >= 0.6 is 0 Å². The van der Waals surface area contributed by atoms with Crippen LogP contribution in [0.3, 0.4) is 0 Å². The van der Waals surface area contributed by atoms with E-state index in [2.05, 4.69) is 19.2 Å². The summed E-state index contributed by atoms with van der Waals surface area (Å²) < 4.78 is 11.0. The fourth-order valence-corrected chi connectivity index (χ4v) is 2.03. The predicted molar refractivity (Wildman–Crippen MR) is 92.8 cm³/mol. The standard InChI is InChI=1S/C18H30N2O3/c1-5-22-15-8-10-16(11-9-15)23-12-6-7-17(21)20-18(4,13-19)14(2)3/h8-11,14H,5-7,12-13,19H2,1-4H3,(H,20,21). The molecule has 23 heavy (non-hydrogen) atoms. The molecule has 0 saturated heterocycles. The Labute approximate surface area is 139 Å². The molecule has 0 heterocycles. The van der Waals surface area contributed by atoms with Crippen molar-refractivity contribution >= 4 is 5.91 Å². The van der Waals surface area contributed by atoms with Crippen LogP contribution in [0, 0.1) is 5.92 Å². The molecule has 0 aliphatic heterocycles. The zero-order chi connectivity index (χ0) is 17.3. The number of hydrogen-bond donors (Lipinski definition) is 2. The molecule has 130 valence electrons. The van der Waals surface area contributed by atoms with Crippen molar-refractivity contribution in [1.82, 2.24) is 5.32 Å². The SMILES string of the molecule is CCOc1ccc(OCCCC(=O)NC(C)(CN)C(C)C)cc1. The molecule has 1 rings (SSSR count). The second-order valence-electron chi connectivity index (χ2n) is 6.18. The fraction of sp³-hybridized carbons (Fsp3) is 0.611. The summed E-state index contributed by atoms with van der Waals surface area (Å²) in [6.45, 7) is 9.62. The number of carbonyl (C=O) groups excluding carboxylic acids is 1. The van der Waals surface area contributed by atoms with Crippen molar-refractivity contribution in [3.63, 3.8) is 0 Å². The van der Waals surface area contributed by atoms with E-state index in [1.807, 2.05) is 38.1 Å². The van der Waals surface area contributed by atoms with Crippen molar-refractivity contribution in [3.8, 4) is 11.5 Å². The van der Waals surface area contributed by atoms with Gasteiger partial charge in [0.05, 0.1) is 18.8 Å². The highest BCUT2D eigenvalue weighted by Crippen LogP contribution is 2.18. The molecule has 1 aromatic rings. The van der Waals surface area contributed by atoms with Gasteiger partial charge in [0, 0.05) is 13.0 Å². The molecule has 0 bridgehead atoms. The summed E-state index contributed by atoms with van der Waals surface area (Å²) in [5.41, 5.74) is 5.42. The van der Waals surface area contributed by atoms with E-state index >= 15 is 0 Å². The van der Waals surface area contributed by atoms with E-state index < -0.39 is 0 Å². The number of amides is 1. The minimum Gasteiger partial charge on any atom is -0.494 e.